The van der Waals surface area contributed by atoms with Crippen LogP contribution in [0.3, 0.4) is 0 Å². The molecule has 3 heterocycles. The summed E-state index contributed by atoms with van der Waals surface area (Å²) in [5.74, 6) is 0.444. The van der Waals surface area contributed by atoms with Gasteiger partial charge in [0, 0.05) is 26.3 Å². The zero-order valence-corrected chi connectivity index (χ0v) is 12.6. The van der Waals surface area contributed by atoms with Gasteiger partial charge in [0.2, 0.25) is 0 Å². The first-order chi connectivity index (χ1) is 10.8. The van der Waals surface area contributed by atoms with E-state index in [9.17, 15) is 4.79 Å². The summed E-state index contributed by atoms with van der Waals surface area (Å²) in [6, 6.07) is 3.44. The first kappa shape index (κ1) is 15.2. The summed E-state index contributed by atoms with van der Waals surface area (Å²) < 4.78 is 11.0. The number of aromatic nitrogens is 2. The van der Waals surface area contributed by atoms with Crippen LogP contribution in [0.2, 0.25) is 0 Å². The molecule has 7 heteroatoms. The predicted molar refractivity (Wildman–Crippen MR) is 80.8 cm³/mol. The number of hydrogen-bond donors (Lipinski definition) is 2. The van der Waals surface area contributed by atoms with Gasteiger partial charge < -0.3 is 20.1 Å². The zero-order chi connectivity index (χ0) is 15.2. The van der Waals surface area contributed by atoms with E-state index < -0.39 is 0 Å². The van der Waals surface area contributed by atoms with Crippen molar-refractivity contribution in [3.8, 4) is 0 Å². The van der Waals surface area contributed by atoms with Gasteiger partial charge >= 0.3 is 0 Å². The Kier molecular flexibility index (Phi) is 5.18. The van der Waals surface area contributed by atoms with E-state index in [1.165, 1.54) is 0 Å². The number of anilines is 1. The van der Waals surface area contributed by atoms with Crippen LogP contribution in [0.25, 0.3) is 0 Å². The molecule has 0 aromatic carbocycles. The maximum absolute atomic E-state index is 12.0. The molecule has 0 spiro atoms. The molecule has 2 saturated heterocycles. The average Bonchev–Trinajstić information content (AvgIpc) is 3.24. The summed E-state index contributed by atoms with van der Waals surface area (Å²) in [6.07, 6.45) is 4.62. The minimum absolute atomic E-state index is 0.129. The van der Waals surface area contributed by atoms with Crippen molar-refractivity contribution in [3.63, 3.8) is 0 Å². The maximum Gasteiger partial charge on any atom is 0.271 e. The lowest BCUT2D eigenvalue weighted by atomic mass is 10.2. The van der Waals surface area contributed by atoms with Crippen LogP contribution >= 0.6 is 0 Å². The van der Waals surface area contributed by atoms with Gasteiger partial charge in [-0.3, -0.25) is 4.79 Å². The number of carbonyl (C=O) groups excluding carboxylic acids is 1. The Morgan fingerprint density at radius 3 is 2.41 bits per heavy atom. The summed E-state index contributed by atoms with van der Waals surface area (Å²) in [5.41, 5.74) is 0.320. The molecule has 0 bridgehead atoms. The second kappa shape index (κ2) is 7.51. The molecule has 1 aromatic rings. The fraction of sp³-hybridized carbons (Fsp3) is 0.667. The van der Waals surface area contributed by atoms with E-state index in [0.717, 1.165) is 45.4 Å². The topological polar surface area (TPSA) is 85.4 Å². The molecule has 2 atom stereocenters. The van der Waals surface area contributed by atoms with Gasteiger partial charge in [0.05, 0.1) is 12.2 Å². The van der Waals surface area contributed by atoms with Crippen LogP contribution in [0.5, 0.6) is 0 Å². The van der Waals surface area contributed by atoms with Gasteiger partial charge in [-0.2, -0.15) is 0 Å². The van der Waals surface area contributed by atoms with Gasteiger partial charge in [-0.1, -0.05) is 0 Å². The number of rotatable bonds is 6. The van der Waals surface area contributed by atoms with Crippen LogP contribution in [0.1, 0.15) is 36.2 Å². The van der Waals surface area contributed by atoms with E-state index >= 15 is 0 Å². The normalized spacial score (nSPS) is 24.4. The quantitative estimate of drug-likeness (QED) is 0.815. The minimum atomic E-state index is -0.214. The molecule has 2 aliphatic rings. The first-order valence-electron chi connectivity index (χ1n) is 7.90. The van der Waals surface area contributed by atoms with Gasteiger partial charge in [-0.05, 0) is 37.8 Å². The molecule has 22 heavy (non-hydrogen) atoms. The van der Waals surface area contributed by atoms with Crippen molar-refractivity contribution in [2.24, 2.45) is 0 Å². The molecule has 2 aliphatic heterocycles. The van der Waals surface area contributed by atoms with Gasteiger partial charge in [-0.15, -0.1) is 10.2 Å². The molecule has 0 radical (unpaired) electrons. The van der Waals surface area contributed by atoms with Crippen molar-refractivity contribution >= 4 is 11.7 Å². The van der Waals surface area contributed by atoms with Crippen LogP contribution in [0, 0.1) is 0 Å². The predicted octanol–water partition coefficient (Wildman–Crippen LogP) is 0.976. The standard InChI is InChI=1S/C15H22N4O3/c20-15(17-10-12-4-2-8-22-12)13-5-6-14(19-18-13)16-9-11-3-1-7-21-11/h5-6,11-12H,1-4,7-10H2,(H,16,19)(H,17,20). The Labute approximate surface area is 129 Å². The first-order valence-corrected chi connectivity index (χ1v) is 7.90. The van der Waals surface area contributed by atoms with Gasteiger partial charge in [0.25, 0.3) is 5.91 Å². The third-order valence-electron chi connectivity index (χ3n) is 3.95. The van der Waals surface area contributed by atoms with Crippen LogP contribution in [-0.4, -0.2) is 54.6 Å². The van der Waals surface area contributed by atoms with Crippen LogP contribution in [0.4, 0.5) is 5.82 Å². The molecule has 1 aromatic heterocycles. The molecule has 120 valence electrons. The lowest BCUT2D eigenvalue weighted by molar-refractivity contribution is 0.0853. The smallest absolute Gasteiger partial charge is 0.271 e. The number of hydrogen-bond acceptors (Lipinski definition) is 6. The number of ether oxygens (including phenoxy) is 2. The molecule has 1 amide bonds. The maximum atomic E-state index is 12.0. The van der Waals surface area contributed by atoms with E-state index in [-0.39, 0.29) is 18.1 Å². The molecule has 7 nitrogen and oxygen atoms in total. The Bertz CT molecular complexity index is 482. The Balaban J connectivity index is 1.44. The fourth-order valence-electron chi connectivity index (χ4n) is 2.67. The summed E-state index contributed by atoms with van der Waals surface area (Å²) >= 11 is 0. The number of nitrogens with zero attached hydrogens (tertiary/aromatic N) is 2. The molecular weight excluding hydrogens is 284 g/mol. The summed E-state index contributed by atoms with van der Waals surface area (Å²) in [6.45, 7) is 2.87. The van der Waals surface area contributed by atoms with Crippen molar-refractivity contribution in [1.82, 2.24) is 15.5 Å². The highest BCUT2D eigenvalue weighted by molar-refractivity contribution is 5.92. The Hall–Kier alpha value is -1.73. The highest BCUT2D eigenvalue weighted by Gasteiger charge is 2.18. The highest BCUT2D eigenvalue weighted by atomic mass is 16.5. The molecule has 2 unspecified atom stereocenters. The third-order valence-corrected chi connectivity index (χ3v) is 3.95. The van der Waals surface area contributed by atoms with Crippen molar-refractivity contribution in [1.29, 1.82) is 0 Å². The molecule has 3 rings (SSSR count). The van der Waals surface area contributed by atoms with Gasteiger partial charge in [-0.25, -0.2) is 0 Å². The van der Waals surface area contributed by atoms with E-state index in [4.69, 9.17) is 9.47 Å². The van der Waals surface area contributed by atoms with Gasteiger partial charge in [0.1, 0.15) is 5.82 Å². The second-order valence-electron chi connectivity index (χ2n) is 5.66. The summed E-state index contributed by atoms with van der Waals surface area (Å²) in [4.78, 5) is 12.0. The van der Waals surface area contributed by atoms with Crippen molar-refractivity contribution in [3.05, 3.63) is 17.8 Å². The molecular formula is C15H22N4O3. The number of carbonyl (C=O) groups is 1. The van der Waals surface area contributed by atoms with Crippen LogP contribution in [0.15, 0.2) is 12.1 Å². The fourth-order valence-corrected chi connectivity index (χ4v) is 2.67. The van der Waals surface area contributed by atoms with Crippen molar-refractivity contribution in [2.75, 3.05) is 31.6 Å². The Morgan fingerprint density at radius 1 is 1.09 bits per heavy atom. The number of nitrogens with one attached hydrogen (secondary N) is 2. The van der Waals surface area contributed by atoms with E-state index in [1.807, 2.05) is 0 Å². The van der Waals surface area contributed by atoms with Crippen LogP contribution < -0.4 is 10.6 Å². The average molecular weight is 306 g/mol. The summed E-state index contributed by atoms with van der Waals surface area (Å²) in [5, 5.41) is 14.0. The highest BCUT2D eigenvalue weighted by Crippen LogP contribution is 2.13. The lowest BCUT2D eigenvalue weighted by Crippen LogP contribution is -2.32. The SMILES string of the molecule is O=C(NCC1CCCO1)c1ccc(NCC2CCCO2)nn1. The molecule has 0 aliphatic carbocycles. The molecule has 0 saturated carbocycles. The second-order valence-corrected chi connectivity index (χ2v) is 5.66. The third kappa shape index (κ3) is 4.14. The van der Waals surface area contributed by atoms with Gasteiger partial charge in [0.15, 0.2) is 5.69 Å². The van der Waals surface area contributed by atoms with Crippen molar-refractivity contribution in [2.45, 2.75) is 37.9 Å². The molecule has 2 N–H and O–H groups in total. The lowest BCUT2D eigenvalue weighted by Gasteiger charge is -2.11. The largest absolute Gasteiger partial charge is 0.376 e. The van der Waals surface area contributed by atoms with E-state index in [1.54, 1.807) is 12.1 Å². The molecule has 2 fully saturated rings. The van der Waals surface area contributed by atoms with E-state index in [2.05, 4.69) is 20.8 Å². The van der Waals surface area contributed by atoms with E-state index in [0.29, 0.717) is 18.1 Å². The monoisotopic (exact) mass is 306 g/mol. The minimum Gasteiger partial charge on any atom is -0.376 e. The van der Waals surface area contributed by atoms with Crippen molar-refractivity contribution < 1.29 is 14.3 Å². The zero-order valence-electron chi connectivity index (χ0n) is 12.6. The Morgan fingerprint density at radius 2 is 1.82 bits per heavy atom. The summed E-state index contributed by atoms with van der Waals surface area (Å²) in [7, 11) is 0. The van der Waals surface area contributed by atoms with Crippen LogP contribution in [-0.2, 0) is 9.47 Å². The number of amides is 1.